The third-order valence-electron chi connectivity index (χ3n) is 4.49. The summed E-state index contributed by atoms with van der Waals surface area (Å²) in [6.07, 6.45) is 0. The lowest BCUT2D eigenvalue weighted by Gasteiger charge is -2.27. The Bertz CT molecular complexity index is 642. The highest BCUT2D eigenvalue weighted by Gasteiger charge is 2.66. The van der Waals surface area contributed by atoms with E-state index in [4.69, 9.17) is 34.8 Å². The molecule has 2 aliphatic rings. The van der Waals surface area contributed by atoms with Crippen LogP contribution in [0.4, 0.5) is 11.4 Å². The molecule has 0 spiro atoms. The van der Waals surface area contributed by atoms with Crippen LogP contribution in [0.5, 0.6) is 0 Å². The molecule has 2 unspecified atom stereocenters. The van der Waals surface area contributed by atoms with Crippen LogP contribution >= 0.6 is 34.8 Å². The molecule has 0 amide bonds. The van der Waals surface area contributed by atoms with Gasteiger partial charge >= 0.3 is 0 Å². The van der Waals surface area contributed by atoms with Gasteiger partial charge in [0.2, 0.25) is 0 Å². The summed E-state index contributed by atoms with van der Waals surface area (Å²) in [5.41, 5.74) is 4.77. The lowest BCUT2D eigenvalue weighted by atomic mass is 10.0. The highest BCUT2D eigenvalue weighted by Crippen LogP contribution is 2.73. The third-order valence-corrected chi connectivity index (χ3v) is 5.60. The summed E-state index contributed by atoms with van der Waals surface area (Å²) in [6, 6.07) is 16.7. The molecule has 0 aromatic heterocycles. The van der Waals surface area contributed by atoms with Crippen LogP contribution in [-0.4, -0.2) is 16.8 Å². The number of rotatable bonds is 2. The first-order valence-electron chi connectivity index (χ1n) is 7.05. The fourth-order valence-corrected chi connectivity index (χ4v) is 4.57. The number of hydrogen-bond acceptors (Lipinski definition) is 1. The molecule has 0 radical (unpaired) electrons. The number of halogens is 3. The number of para-hydroxylation sites is 2. The molecule has 0 N–H and O–H groups in total. The smallest absolute Gasteiger partial charge is 0.133 e. The van der Waals surface area contributed by atoms with Crippen LogP contribution in [-0.2, 0) is 0 Å². The van der Waals surface area contributed by atoms with Gasteiger partial charge in [0.15, 0.2) is 0 Å². The molecular weight excluding hydrogens is 325 g/mol. The second-order valence-corrected chi connectivity index (χ2v) is 7.41. The van der Waals surface area contributed by atoms with Crippen LogP contribution in [0.25, 0.3) is 0 Å². The van der Waals surface area contributed by atoms with Crippen molar-refractivity contribution in [1.29, 1.82) is 0 Å². The van der Waals surface area contributed by atoms with E-state index in [2.05, 4.69) is 41.3 Å². The van der Waals surface area contributed by atoms with Crippen molar-refractivity contribution in [3.05, 3.63) is 59.7 Å². The minimum atomic E-state index is -0.709. The Balaban J connectivity index is 1.98. The molecule has 108 valence electrons. The van der Waals surface area contributed by atoms with Gasteiger partial charge in [-0.1, -0.05) is 36.4 Å². The Labute approximate surface area is 139 Å². The van der Waals surface area contributed by atoms with Crippen molar-refractivity contribution in [3.63, 3.8) is 0 Å². The van der Waals surface area contributed by atoms with Crippen LogP contribution in [0, 0.1) is 0 Å². The molecule has 4 heteroatoms. The number of hydrogen-bond donors (Lipinski definition) is 0. The average molecular weight is 339 g/mol. The van der Waals surface area contributed by atoms with Gasteiger partial charge in [0.25, 0.3) is 0 Å². The summed E-state index contributed by atoms with van der Waals surface area (Å²) in [4.78, 5) is 2.29. The van der Waals surface area contributed by atoms with Crippen LogP contribution in [0.15, 0.2) is 48.5 Å². The Morgan fingerprint density at radius 1 is 0.857 bits per heavy atom. The topological polar surface area (TPSA) is 3.24 Å². The lowest BCUT2D eigenvalue weighted by molar-refractivity contribution is 1.000. The second-order valence-electron chi connectivity index (χ2n) is 5.59. The second kappa shape index (κ2) is 4.81. The molecule has 2 aromatic carbocycles. The molecule has 1 saturated carbocycles. The van der Waals surface area contributed by atoms with Gasteiger partial charge in [0, 0.05) is 35.6 Å². The van der Waals surface area contributed by atoms with Crippen molar-refractivity contribution in [3.8, 4) is 0 Å². The standard InChI is InChI=1S/C17H14Cl3N/c18-9-10-21-13-7-3-1-5-11(13)15-16(17(15,19)20)12-6-2-4-8-14(12)21/h1-8,15-16H,9-10H2. The minimum absolute atomic E-state index is 0.151. The van der Waals surface area contributed by atoms with E-state index in [9.17, 15) is 0 Å². The first-order chi connectivity index (χ1) is 10.2. The van der Waals surface area contributed by atoms with Crippen molar-refractivity contribution < 1.29 is 0 Å². The monoisotopic (exact) mass is 337 g/mol. The van der Waals surface area contributed by atoms with Crippen molar-refractivity contribution in [2.75, 3.05) is 17.3 Å². The van der Waals surface area contributed by atoms with Crippen molar-refractivity contribution in [2.24, 2.45) is 0 Å². The molecule has 1 heterocycles. The fourth-order valence-electron chi connectivity index (χ4n) is 3.55. The molecule has 0 bridgehead atoms. The van der Waals surface area contributed by atoms with Crippen molar-refractivity contribution in [2.45, 2.75) is 16.2 Å². The highest BCUT2D eigenvalue weighted by molar-refractivity contribution is 6.52. The number of benzene rings is 2. The number of fused-ring (bicyclic) bond motifs is 5. The maximum atomic E-state index is 6.59. The summed E-state index contributed by atoms with van der Waals surface area (Å²) in [5.74, 6) is 0.877. The van der Waals surface area contributed by atoms with Gasteiger partial charge in [-0.05, 0) is 23.3 Å². The van der Waals surface area contributed by atoms with Crippen LogP contribution in [0.3, 0.4) is 0 Å². The zero-order valence-electron chi connectivity index (χ0n) is 11.3. The Morgan fingerprint density at radius 2 is 1.33 bits per heavy atom. The van der Waals surface area contributed by atoms with E-state index in [1.54, 1.807) is 0 Å². The fraction of sp³-hybridized carbons (Fsp3) is 0.294. The van der Waals surface area contributed by atoms with Crippen LogP contribution < -0.4 is 4.90 Å². The molecule has 1 fully saturated rings. The molecule has 1 aliphatic carbocycles. The van der Waals surface area contributed by atoms with E-state index in [1.165, 1.54) is 22.5 Å². The molecule has 0 saturated heterocycles. The first kappa shape index (κ1) is 13.8. The Kier molecular flexibility index (Phi) is 3.15. The van der Waals surface area contributed by atoms with E-state index in [-0.39, 0.29) is 11.8 Å². The largest absolute Gasteiger partial charge is 0.340 e. The molecule has 1 nitrogen and oxygen atoms in total. The lowest BCUT2D eigenvalue weighted by Crippen LogP contribution is -2.21. The van der Waals surface area contributed by atoms with Crippen LogP contribution in [0.2, 0.25) is 0 Å². The molecular formula is C17H14Cl3N. The van der Waals surface area contributed by atoms with Gasteiger partial charge in [-0.3, -0.25) is 0 Å². The molecule has 21 heavy (non-hydrogen) atoms. The Morgan fingerprint density at radius 3 is 1.81 bits per heavy atom. The zero-order chi connectivity index (χ0) is 14.6. The summed E-state index contributed by atoms with van der Waals surface area (Å²) in [5, 5.41) is 0. The third kappa shape index (κ3) is 1.91. The predicted octanol–water partition coefficient (Wildman–Crippen LogP) is 5.43. The summed E-state index contributed by atoms with van der Waals surface area (Å²) in [6.45, 7) is 0.770. The number of alkyl halides is 3. The normalized spacial score (nSPS) is 24.6. The van der Waals surface area contributed by atoms with Gasteiger partial charge in [0.1, 0.15) is 4.33 Å². The summed E-state index contributed by atoms with van der Waals surface area (Å²) >= 11 is 19.2. The van der Waals surface area contributed by atoms with Crippen molar-refractivity contribution in [1.82, 2.24) is 0 Å². The first-order valence-corrected chi connectivity index (χ1v) is 8.34. The number of anilines is 2. The van der Waals surface area contributed by atoms with Gasteiger partial charge in [0.05, 0.1) is 0 Å². The van der Waals surface area contributed by atoms with E-state index >= 15 is 0 Å². The van der Waals surface area contributed by atoms with Gasteiger partial charge in [-0.2, -0.15) is 0 Å². The quantitative estimate of drug-likeness (QED) is 0.660. The maximum absolute atomic E-state index is 6.59. The highest BCUT2D eigenvalue weighted by atomic mass is 35.5. The SMILES string of the molecule is ClCCN1c2ccccc2C2C(c3ccccc31)C2(Cl)Cl. The van der Waals surface area contributed by atoms with Gasteiger partial charge < -0.3 is 4.90 Å². The van der Waals surface area contributed by atoms with Gasteiger partial charge in [-0.25, -0.2) is 0 Å². The van der Waals surface area contributed by atoms with Crippen molar-refractivity contribution >= 4 is 46.2 Å². The van der Waals surface area contributed by atoms with E-state index in [0.717, 1.165) is 6.54 Å². The molecule has 2 aromatic rings. The minimum Gasteiger partial charge on any atom is -0.340 e. The van der Waals surface area contributed by atoms with Gasteiger partial charge in [-0.15, -0.1) is 34.8 Å². The van der Waals surface area contributed by atoms with E-state index in [0.29, 0.717) is 5.88 Å². The van der Waals surface area contributed by atoms with Crippen LogP contribution in [0.1, 0.15) is 23.0 Å². The summed E-state index contributed by atoms with van der Waals surface area (Å²) < 4.78 is -0.709. The van der Waals surface area contributed by atoms with E-state index < -0.39 is 4.33 Å². The maximum Gasteiger partial charge on any atom is 0.133 e. The Hall–Kier alpha value is -0.890. The predicted molar refractivity (Wildman–Crippen MR) is 90.5 cm³/mol. The molecule has 1 aliphatic heterocycles. The molecule has 2 atom stereocenters. The average Bonchev–Trinajstić information content (AvgIpc) is 3.10. The zero-order valence-corrected chi connectivity index (χ0v) is 13.5. The van der Waals surface area contributed by atoms with E-state index in [1.807, 2.05) is 12.1 Å². The molecule has 4 rings (SSSR count). The summed E-state index contributed by atoms with van der Waals surface area (Å²) in [7, 11) is 0. The number of nitrogens with zero attached hydrogens (tertiary/aromatic N) is 1.